The minimum Gasteiger partial charge on any atom is -0.457 e. The third kappa shape index (κ3) is 42.8. The monoisotopic (exact) mass is 729 g/mol. The summed E-state index contributed by atoms with van der Waals surface area (Å²) in [6, 6.07) is 0. The number of hydrogen-bond donors (Lipinski definition) is 1. The molecule has 0 saturated carbocycles. The molecule has 0 spiro atoms. The van der Waals surface area contributed by atoms with E-state index in [2.05, 4.69) is 135 Å². The van der Waals surface area contributed by atoms with E-state index in [1.54, 1.807) is 0 Å². The molecule has 0 aliphatic heterocycles. The van der Waals surface area contributed by atoms with Gasteiger partial charge in [-0.1, -0.05) is 180 Å². The average Bonchev–Trinajstić information content (AvgIpc) is 3.16. The van der Waals surface area contributed by atoms with Crippen LogP contribution in [-0.2, 0) is 14.3 Å². The summed E-state index contributed by atoms with van der Waals surface area (Å²) in [7, 11) is 0. The molecule has 53 heavy (non-hydrogen) atoms. The van der Waals surface area contributed by atoms with Crippen molar-refractivity contribution >= 4 is 5.97 Å². The molecule has 0 aliphatic carbocycles. The zero-order chi connectivity index (χ0) is 38.4. The molecule has 1 unspecified atom stereocenters. The van der Waals surface area contributed by atoms with Crippen LogP contribution in [0.4, 0.5) is 0 Å². The van der Waals surface area contributed by atoms with Crippen LogP contribution in [0.15, 0.2) is 134 Å². The van der Waals surface area contributed by atoms with Crippen LogP contribution in [0, 0.1) is 0 Å². The van der Waals surface area contributed by atoms with Gasteiger partial charge in [0.15, 0.2) is 0 Å². The lowest BCUT2D eigenvalue weighted by Gasteiger charge is -2.15. The summed E-state index contributed by atoms with van der Waals surface area (Å²) in [5, 5.41) is 9.57. The van der Waals surface area contributed by atoms with Gasteiger partial charge in [0.1, 0.15) is 6.10 Å². The highest BCUT2D eigenvalue weighted by atomic mass is 16.6. The fraction of sp³-hybridized carbons (Fsp3) is 0.531. The Kier molecular flexibility index (Phi) is 41.8. The molecule has 0 aliphatic rings. The Morgan fingerprint density at radius 2 is 0.792 bits per heavy atom. The molecule has 0 bridgehead atoms. The van der Waals surface area contributed by atoms with Crippen molar-refractivity contribution in [1.82, 2.24) is 0 Å². The number of carbonyl (C=O) groups is 1. The first kappa shape index (κ1) is 49.5. The Hall–Kier alpha value is -3.47. The van der Waals surface area contributed by atoms with E-state index in [0.29, 0.717) is 6.61 Å². The molecule has 0 saturated heterocycles. The Balaban J connectivity index is 3.63. The molecule has 0 aromatic heterocycles. The molecule has 0 radical (unpaired) electrons. The Bertz CT molecular complexity index is 1130. The maximum atomic E-state index is 12.1. The van der Waals surface area contributed by atoms with Crippen molar-refractivity contribution in [1.29, 1.82) is 0 Å². The van der Waals surface area contributed by atoms with Crippen molar-refractivity contribution in [3.05, 3.63) is 134 Å². The van der Waals surface area contributed by atoms with Gasteiger partial charge in [-0.3, -0.25) is 4.79 Å². The van der Waals surface area contributed by atoms with E-state index in [1.165, 1.54) is 32.1 Å². The lowest BCUT2D eigenvalue weighted by atomic mass is 10.1. The molecular formula is C49H76O4. The molecule has 0 aromatic carbocycles. The minimum atomic E-state index is -0.605. The first-order chi connectivity index (χ1) is 26.2. The third-order valence-electron chi connectivity index (χ3n) is 8.00. The zero-order valence-electron chi connectivity index (χ0n) is 33.7. The molecule has 4 nitrogen and oxygen atoms in total. The van der Waals surface area contributed by atoms with Crippen molar-refractivity contribution in [2.24, 2.45) is 0 Å². The second kappa shape index (κ2) is 44.7. The highest BCUT2D eigenvalue weighted by Gasteiger charge is 2.12. The summed E-state index contributed by atoms with van der Waals surface area (Å²) in [5.41, 5.74) is 0. The van der Waals surface area contributed by atoms with Gasteiger partial charge in [0.25, 0.3) is 0 Å². The topological polar surface area (TPSA) is 55.8 Å². The number of allylic oxidation sites excluding steroid dienone is 21. The SMILES string of the molecule is CC/C=C\C/C=C\C/C=C\C/C=C\C/C=C\C/C=C\CCCCCCCCCOCC(CO)OC(=O)C/C=C\C/C=C\C/C=C\C/C=C\C/C=C\CC. The van der Waals surface area contributed by atoms with E-state index >= 15 is 0 Å². The first-order valence-corrected chi connectivity index (χ1v) is 20.8. The Morgan fingerprint density at radius 3 is 1.19 bits per heavy atom. The van der Waals surface area contributed by atoms with Crippen molar-refractivity contribution < 1.29 is 19.4 Å². The summed E-state index contributed by atoms with van der Waals surface area (Å²) in [6.45, 7) is 4.95. The van der Waals surface area contributed by atoms with Crippen LogP contribution in [0.2, 0.25) is 0 Å². The summed E-state index contributed by atoms with van der Waals surface area (Å²) in [4.78, 5) is 12.1. The second-order valence-corrected chi connectivity index (χ2v) is 13.0. The molecule has 0 aromatic rings. The number of carbonyl (C=O) groups excluding carboxylic acids is 1. The summed E-state index contributed by atoms with van der Waals surface area (Å²) in [6.07, 6.45) is 68.2. The van der Waals surface area contributed by atoms with Crippen molar-refractivity contribution in [2.45, 2.75) is 148 Å². The molecule has 0 fully saturated rings. The van der Waals surface area contributed by atoms with E-state index in [1.807, 2.05) is 12.2 Å². The highest BCUT2D eigenvalue weighted by Crippen LogP contribution is 2.10. The molecule has 0 amide bonds. The van der Waals surface area contributed by atoms with Gasteiger partial charge in [-0.05, 0) is 89.9 Å². The van der Waals surface area contributed by atoms with Crippen LogP contribution in [0.1, 0.15) is 142 Å². The van der Waals surface area contributed by atoms with Gasteiger partial charge < -0.3 is 14.6 Å². The van der Waals surface area contributed by atoms with Crippen LogP contribution >= 0.6 is 0 Å². The summed E-state index contributed by atoms with van der Waals surface area (Å²) in [5.74, 6) is -0.338. The standard InChI is InChI=1S/C49H76O4/c1-3-5-7-9-11-13-15-17-19-20-21-22-23-24-25-26-27-28-29-31-33-35-37-39-41-43-45-52-47-48(46-50)53-49(51)44-42-40-38-36-34-32-30-18-16-14-12-10-8-6-4-2/h5-8,11-14,17-19,21-22,24-25,27-28,30,34,36,40,42,48,50H,3-4,9-10,15-16,20,23,26,29,31-33,35,37-39,41,43-47H2,1-2H3/b7-5-,8-6-,13-11-,14-12-,19-17-,22-21-,25-24-,28-27-,30-18-,36-34-,42-40-. The van der Waals surface area contributed by atoms with Gasteiger partial charge in [0, 0.05) is 6.61 Å². The minimum absolute atomic E-state index is 0.200. The molecule has 296 valence electrons. The first-order valence-electron chi connectivity index (χ1n) is 20.8. The number of rotatable bonds is 36. The zero-order valence-corrected chi connectivity index (χ0v) is 33.7. The van der Waals surface area contributed by atoms with E-state index < -0.39 is 6.10 Å². The number of unbranched alkanes of at least 4 members (excludes halogenated alkanes) is 7. The average molecular weight is 729 g/mol. The lowest BCUT2D eigenvalue weighted by molar-refractivity contribution is -0.153. The molecular weight excluding hydrogens is 653 g/mol. The summed E-state index contributed by atoms with van der Waals surface area (Å²) < 4.78 is 11.0. The van der Waals surface area contributed by atoms with Crippen LogP contribution in [-0.4, -0.2) is 37.0 Å². The Morgan fingerprint density at radius 1 is 0.453 bits per heavy atom. The van der Waals surface area contributed by atoms with Gasteiger partial charge in [-0.25, -0.2) is 0 Å². The summed E-state index contributed by atoms with van der Waals surface area (Å²) >= 11 is 0. The lowest BCUT2D eigenvalue weighted by Crippen LogP contribution is -2.27. The van der Waals surface area contributed by atoms with Gasteiger partial charge in [0.2, 0.25) is 0 Å². The normalized spacial score (nSPS) is 13.8. The molecule has 1 N–H and O–H groups in total. The number of hydrogen-bond acceptors (Lipinski definition) is 4. The van der Waals surface area contributed by atoms with Crippen LogP contribution in [0.5, 0.6) is 0 Å². The van der Waals surface area contributed by atoms with Crippen molar-refractivity contribution in [3.63, 3.8) is 0 Å². The molecule has 4 heteroatoms. The number of aliphatic hydroxyl groups is 1. The maximum Gasteiger partial charge on any atom is 0.310 e. The highest BCUT2D eigenvalue weighted by molar-refractivity contribution is 5.71. The predicted octanol–water partition coefficient (Wildman–Crippen LogP) is 13.9. The van der Waals surface area contributed by atoms with Crippen molar-refractivity contribution in [3.8, 4) is 0 Å². The molecule has 1 atom stereocenters. The Labute approximate surface area is 326 Å². The van der Waals surface area contributed by atoms with Gasteiger partial charge >= 0.3 is 5.97 Å². The number of aliphatic hydroxyl groups excluding tert-OH is 1. The van der Waals surface area contributed by atoms with Crippen LogP contribution in [0.25, 0.3) is 0 Å². The van der Waals surface area contributed by atoms with Crippen LogP contribution in [0.3, 0.4) is 0 Å². The largest absolute Gasteiger partial charge is 0.457 e. The van der Waals surface area contributed by atoms with Gasteiger partial charge in [0.05, 0.1) is 19.6 Å². The third-order valence-corrected chi connectivity index (χ3v) is 8.00. The van der Waals surface area contributed by atoms with E-state index in [4.69, 9.17) is 9.47 Å². The fourth-order valence-electron chi connectivity index (χ4n) is 4.99. The second-order valence-electron chi connectivity index (χ2n) is 13.0. The van der Waals surface area contributed by atoms with E-state index in [0.717, 1.165) is 89.9 Å². The fourth-order valence-corrected chi connectivity index (χ4v) is 4.99. The molecule has 0 rings (SSSR count). The maximum absolute atomic E-state index is 12.1. The van der Waals surface area contributed by atoms with E-state index in [9.17, 15) is 9.90 Å². The number of esters is 1. The quantitative estimate of drug-likeness (QED) is 0.0396. The van der Waals surface area contributed by atoms with Crippen molar-refractivity contribution in [2.75, 3.05) is 19.8 Å². The van der Waals surface area contributed by atoms with Crippen LogP contribution < -0.4 is 0 Å². The predicted molar refractivity (Wildman–Crippen MR) is 232 cm³/mol. The molecule has 0 heterocycles. The van der Waals surface area contributed by atoms with E-state index in [-0.39, 0.29) is 25.6 Å². The number of ether oxygens (including phenoxy) is 2. The van der Waals surface area contributed by atoms with Gasteiger partial charge in [-0.2, -0.15) is 0 Å². The smallest absolute Gasteiger partial charge is 0.310 e. The van der Waals surface area contributed by atoms with Gasteiger partial charge in [-0.15, -0.1) is 0 Å².